The Kier molecular flexibility index (Phi) is 6.61. The SMILES string of the molecule is CCOc1ccc(-c2cc(=O)n(CCNC(=O)c3c(F)cccc3Cl)cn2)cc1. The third-order valence-electron chi connectivity index (χ3n) is 4.17. The predicted molar refractivity (Wildman–Crippen MR) is 109 cm³/mol. The molecule has 1 heterocycles. The van der Waals surface area contributed by atoms with Gasteiger partial charge in [-0.1, -0.05) is 17.7 Å². The number of ether oxygens (including phenoxy) is 1. The minimum absolute atomic E-state index is 0.0287. The molecule has 0 unspecified atom stereocenters. The van der Waals surface area contributed by atoms with E-state index >= 15 is 0 Å². The van der Waals surface area contributed by atoms with Crippen molar-refractivity contribution in [3.8, 4) is 17.0 Å². The molecule has 8 heteroatoms. The second-order valence-corrected chi connectivity index (χ2v) is 6.52. The van der Waals surface area contributed by atoms with Crippen LogP contribution in [0.3, 0.4) is 0 Å². The van der Waals surface area contributed by atoms with Gasteiger partial charge < -0.3 is 10.1 Å². The Morgan fingerprint density at radius 1 is 1.24 bits per heavy atom. The van der Waals surface area contributed by atoms with Gasteiger partial charge in [0.2, 0.25) is 0 Å². The van der Waals surface area contributed by atoms with Gasteiger partial charge in [0.1, 0.15) is 11.6 Å². The Morgan fingerprint density at radius 2 is 2.00 bits per heavy atom. The summed E-state index contributed by atoms with van der Waals surface area (Å²) in [5, 5.41) is 2.58. The quantitative estimate of drug-likeness (QED) is 0.640. The average molecular weight is 416 g/mol. The summed E-state index contributed by atoms with van der Waals surface area (Å²) in [5.74, 6) is -0.594. The molecule has 0 aliphatic rings. The highest BCUT2D eigenvalue weighted by Crippen LogP contribution is 2.20. The maximum Gasteiger partial charge on any atom is 0.255 e. The van der Waals surface area contributed by atoms with Crippen LogP contribution in [0, 0.1) is 5.82 Å². The highest BCUT2D eigenvalue weighted by atomic mass is 35.5. The highest BCUT2D eigenvalue weighted by Gasteiger charge is 2.15. The Labute approximate surface area is 171 Å². The first-order valence-electron chi connectivity index (χ1n) is 9.01. The van der Waals surface area contributed by atoms with Crippen molar-refractivity contribution in [1.82, 2.24) is 14.9 Å². The molecule has 1 amide bonds. The summed E-state index contributed by atoms with van der Waals surface area (Å²) in [6, 6.07) is 12.7. The topological polar surface area (TPSA) is 73.2 Å². The van der Waals surface area contributed by atoms with Crippen molar-refractivity contribution in [3.05, 3.63) is 81.6 Å². The van der Waals surface area contributed by atoms with Crippen molar-refractivity contribution in [2.75, 3.05) is 13.2 Å². The van der Waals surface area contributed by atoms with Gasteiger partial charge >= 0.3 is 0 Å². The summed E-state index contributed by atoms with van der Waals surface area (Å²) in [4.78, 5) is 28.8. The zero-order valence-corrected chi connectivity index (χ0v) is 16.4. The molecule has 0 atom stereocenters. The van der Waals surface area contributed by atoms with Crippen LogP contribution in [-0.4, -0.2) is 28.6 Å². The lowest BCUT2D eigenvalue weighted by Gasteiger charge is -2.10. The lowest BCUT2D eigenvalue weighted by atomic mass is 10.1. The zero-order chi connectivity index (χ0) is 20.8. The number of nitrogens with zero attached hydrogens (tertiary/aromatic N) is 2. The predicted octanol–water partition coefficient (Wildman–Crippen LogP) is 3.53. The van der Waals surface area contributed by atoms with Gasteiger partial charge in [0.05, 0.1) is 29.2 Å². The van der Waals surface area contributed by atoms with Crippen molar-refractivity contribution < 1.29 is 13.9 Å². The van der Waals surface area contributed by atoms with Crippen LogP contribution in [-0.2, 0) is 6.54 Å². The van der Waals surface area contributed by atoms with Gasteiger partial charge in [-0.15, -0.1) is 0 Å². The van der Waals surface area contributed by atoms with E-state index in [1.807, 2.05) is 31.2 Å². The molecule has 0 fully saturated rings. The number of halogens is 2. The number of benzene rings is 2. The second-order valence-electron chi connectivity index (χ2n) is 6.12. The molecule has 0 bridgehead atoms. The molecule has 6 nitrogen and oxygen atoms in total. The van der Waals surface area contributed by atoms with Gasteiger partial charge in [-0.05, 0) is 43.3 Å². The molecule has 2 aromatic carbocycles. The third kappa shape index (κ3) is 5.00. The third-order valence-corrected chi connectivity index (χ3v) is 4.48. The molecule has 29 heavy (non-hydrogen) atoms. The summed E-state index contributed by atoms with van der Waals surface area (Å²) in [6.07, 6.45) is 1.41. The first-order chi connectivity index (χ1) is 14.0. The van der Waals surface area contributed by atoms with Gasteiger partial charge in [0.25, 0.3) is 11.5 Å². The molecule has 0 spiro atoms. The molecule has 0 saturated carbocycles. The molecule has 1 N–H and O–H groups in total. The van der Waals surface area contributed by atoms with Gasteiger partial charge in [0.15, 0.2) is 0 Å². The van der Waals surface area contributed by atoms with Crippen LogP contribution >= 0.6 is 11.6 Å². The Hall–Kier alpha value is -3.19. The van der Waals surface area contributed by atoms with Crippen molar-refractivity contribution in [3.63, 3.8) is 0 Å². The van der Waals surface area contributed by atoms with Crippen LogP contribution in [0.1, 0.15) is 17.3 Å². The number of aromatic nitrogens is 2. The fourth-order valence-electron chi connectivity index (χ4n) is 2.73. The number of nitrogens with one attached hydrogen (secondary N) is 1. The van der Waals surface area contributed by atoms with Crippen LogP contribution < -0.4 is 15.6 Å². The minimum Gasteiger partial charge on any atom is -0.494 e. The number of rotatable bonds is 7. The Bertz CT molecular complexity index is 1050. The van der Waals surface area contributed by atoms with Gasteiger partial charge in [-0.3, -0.25) is 14.2 Å². The van der Waals surface area contributed by atoms with E-state index < -0.39 is 11.7 Å². The fraction of sp³-hybridized carbons (Fsp3) is 0.190. The van der Waals surface area contributed by atoms with E-state index in [9.17, 15) is 14.0 Å². The van der Waals surface area contributed by atoms with Crippen molar-refractivity contribution >= 4 is 17.5 Å². The number of hydrogen-bond donors (Lipinski definition) is 1. The maximum absolute atomic E-state index is 13.8. The largest absolute Gasteiger partial charge is 0.494 e. The van der Waals surface area contributed by atoms with Gasteiger partial charge in [0, 0.05) is 24.7 Å². The van der Waals surface area contributed by atoms with Crippen LogP contribution in [0.5, 0.6) is 5.75 Å². The van der Waals surface area contributed by atoms with E-state index in [4.69, 9.17) is 16.3 Å². The van der Waals surface area contributed by atoms with Crippen molar-refractivity contribution in [1.29, 1.82) is 0 Å². The first kappa shape index (κ1) is 20.5. The number of hydrogen-bond acceptors (Lipinski definition) is 4. The van der Waals surface area contributed by atoms with E-state index in [0.717, 1.165) is 17.4 Å². The van der Waals surface area contributed by atoms with Crippen LogP contribution in [0.2, 0.25) is 5.02 Å². The van der Waals surface area contributed by atoms with Gasteiger partial charge in [-0.2, -0.15) is 0 Å². The summed E-state index contributed by atoms with van der Waals surface area (Å²) >= 11 is 5.87. The average Bonchev–Trinajstić information content (AvgIpc) is 2.70. The molecule has 1 aromatic heterocycles. The fourth-order valence-corrected chi connectivity index (χ4v) is 2.98. The van der Waals surface area contributed by atoms with E-state index in [0.29, 0.717) is 12.3 Å². The van der Waals surface area contributed by atoms with E-state index in [2.05, 4.69) is 10.3 Å². The van der Waals surface area contributed by atoms with Crippen LogP contribution in [0.4, 0.5) is 4.39 Å². The van der Waals surface area contributed by atoms with Gasteiger partial charge in [-0.25, -0.2) is 9.37 Å². The standard InChI is InChI=1S/C21H19ClFN3O3/c1-2-29-15-8-6-14(7-9-15)18-12-19(27)26(13-25-18)11-10-24-21(28)20-16(22)4-3-5-17(20)23/h3-9,12-13H,2,10-11H2,1H3,(H,24,28). The zero-order valence-electron chi connectivity index (χ0n) is 15.7. The first-order valence-corrected chi connectivity index (χ1v) is 9.39. The molecule has 3 rings (SSSR count). The summed E-state index contributed by atoms with van der Waals surface area (Å²) in [6.45, 7) is 2.79. The molecule has 0 saturated heterocycles. The minimum atomic E-state index is -0.700. The van der Waals surface area contributed by atoms with Crippen LogP contribution in [0.15, 0.2) is 59.7 Å². The molecule has 3 aromatic rings. The summed E-state index contributed by atoms with van der Waals surface area (Å²) < 4.78 is 20.5. The Morgan fingerprint density at radius 3 is 2.66 bits per heavy atom. The number of amides is 1. The lowest BCUT2D eigenvalue weighted by Crippen LogP contribution is -2.31. The van der Waals surface area contributed by atoms with E-state index in [1.165, 1.54) is 29.1 Å². The second kappa shape index (κ2) is 9.34. The molecular formula is C21H19ClFN3O3. The van der Waals surface area contributed by atoms with Crippen LogP contribution in [0.25, 0.3) is 11.3 Å². The smallest absolute Gasteiger partial charge is 0.255 e. The monoisotopic (exact) mass is 415 g/mol. The highest BCUT2D eigenvalue weighted by molar-refractivity contribution is 6.33. The molecule has 0 aliphatic heterocycles. The van der Waals surface area contributed by atoms with E-state index in [1.54, 1.807) is 0 Å². The van der Waals surface area contributed by atoms with E-state index in [-0.39, 0.29) is 29.2 Å². The number of carbonyl (C=O) groups is 1. The molecule has 150 valence electrons. The summed E-state index contributed by atoms with van der Waals surface area (Å²) in [7, 11) is 0. The lowest BCUT2D eigenvalue weighted by molar-refractivity contribution is 0.0948. The maximum atomic E-state index is 13.8. The normalized spacial score (nSPS) is 10.6. The molecule has 0 aliphatic carbocycles. The Balaban J connectivity index is 1.64. The van der Waals surface area contributed by atoms with Crippen molar-refractivity contribution in [2.45, 2.75) is 13.5 Å². The molecule has 0 radical (unpaired) electrons. The molecular weight excluding hydrogens is 397 g/mol. The number of carbonyl (C=O) groups excluding carboxylic acids is 1. The summed E-state index contributed by atoms with van der Waals surface area (Å²) in [5.41, 5.74) is 0.851. The van der Waals surface area contributed by atoms with Crippen molar-refractivity contribution in [2.24, 2.45) is 0 Å².